The van der Waals surface area contributed by atoms with Crippen LogP contribution in [-0.2, 0) is 9.59 Å². The fourth-order valence-corrected chi connectivity index (χ4v) is 2.92. The molecule has 2 N–H and O–H groups in total. The van der Waals surface area contributed by atoms with Crippen molar-refractivity contribution in [2.45, 2.75) is 52.9 Å². The number of carbonyl (C=O) groups is 3. The Balaban J connectivity index is 1.84. The van der Waals surface area contributed by atoms with Gasteiger partial charge in [0.25, 0.3) is 5.91 Å². The van der Waals surface area contributed by atoms with Gasteiger partial charge in [-0.15, -0.1) is 0 Å². The van der Waals surface area contributed by atoms with Crippen molar-refractivity contribution in [3.63, 3.8) is 0 Å². The van der Waals surface area contributed by atoms with Gasteiger partial charge >= 0.3 is 0 Å². The molecule has 148 valence electrons. The van der Waals surface area contributed by atoms with E-state index in [0.29, 0.717) is 24.2 Å². The molecule has 6 nitrogen and oxygen atoms in total. The molecular formula is C21H31N3O3. The summed E-state index contributed by atoms with van der Waals surface area (Å²) in [6, 6.07) is 6.83. The molecule has 0 spiro atoms. The van der Waals surface area contributed by atoms with Gasteiger partial charge in [0.1, 0.15) is 0 Å². The maximum atomic E-state index is 12.3. The first-order valence-electron chi connectivity index (χ1n) is 9.75. The SMILES string of the molecule is CC(C)(C)C(=O)Nc1cccc(C(=O)NCCC(=O)N2CCCCCC2)c1. The van der Waals surface area contributed by atoms with Gasteiger partial charge in [0.05, 0.1) is 0 Å². The van der Waals surface area contributed by atoms with Gasteiger partial charge in [0.2, 0.25) is 11.8 Å². The second kappa shape index (κ2) is 9.53. The molecule has 1 aromatic rings. The van der Waals surface area contributed by atoms with Crippen LogP contribution < -0.4 is 10.6 Å². The molecule has 0 unspecified atom stereocenters. The summed E-state index contributed by atoms with van der Waals surface area (Å²) in [7, 11) is 0. The minimum Gasteiger partial charge on any atom is -0.352 e. The topological polar surface area (TPSA) is 78.5 Å². The van der Waals surface area contributed by atoms with E-state index >= 15 is 0 Å². The van der Waals surface area contributed by atoms with Crippen LogP contribution in [0.15, 0.2) is 24.3 Å². The van der Waals surface area contributed by atoms with Crippen molar-refractivity contribution in [1.29, 1.82) is 0 Å². The lowest BCUT2D eigenvalue weighted by Crippen LogP contribution is -2.35. The Morgan fingerprint density at radius 2 is 1.70 bits per heavy atom. The van der Waals surface area contributed by atoms with Crippen molar-refractivity contribution >= 4 is 23.4 Å². The zero-order valence-electron chi connectivity index (χ0n) is 16.6. The van der Waals surface area contributed by atoms with Crippen LogP contribution in [0, 0.1) is 5.41 Å². The fraction of sp³-hybridized carbons (Fsp3) is 0.571. The summed E-state index contributed by atoms with van der Waals surface area (Å²) < 4.78 is 0. The minimum atomic E-state index is -0.508. The van der Waals surface area contributed by atoms with Crippen molar-refractivity contribution in [1.82, 2.24) is 10.2 Å². The van der Waals surface area contributed by atoms with Gasteiger partial charge in [-0.3, -0.25) is 14.4 Å². The Kier molecular flexibility index (Phi) is 7.39. The minimum absolute atomic E-state index is 0.100. The number of hydrogen-bond donors (Lipinski definition) is 2. The van der Waals surface area contributed by atoms with Crippen LogP contribution >= 0.6 is 0 Å². The molecule has 27 heavy (non-hydrogen) atoms. The van der Waals surface area contributed by atoms with Crippen LogP contribution in [0.1, 0.15) is 63.2 Å². The van der Waals surface area contributed by atoms with Gasteiger partial charge in [-0.1, -0.05) is 39.7 Å². The highest BCUT2D eigenvalue weighted by atomic mass is 16.2. The molecule has 0 saturated carbocycles. The van der Waals surface area contributed by atoms with Crippen LogP contribution in [-0.4, -0.2) is 42.3 Å². The molecule has 0 aromatic heterocycles. The van der Waals surface area contributed by atoms with Gasteiger partial charge in [-0.2, -0.15) is 0 Å². The summed E-state index contributed by atoms with van der Waals surface area (Å²) in [5.74, 6) is -0.253. The fourth-order valence-electron chi connectivity index (χ4n) is 2.92. The van der Waals surface area contributed by atoms with Gasteiger partial charge < -0.3 is 15.5 Å². The lowest BCUT2D eigenvalue weighted by Gasteiger charge is -2.20. The number of hydrogen-bond acceptors (Lipinski definition) is 3. The Hall–Kier alpha value is -2.37. The van der Waals surface area contributed by atoms with Crippen LogP contribution in [0.25, 0.3) is 0 Å². The maximum absolute atomic E-state index is 12.3. The van der Waals surface area contributed by atoms with Crippen molar-refractivity contribution in [3.8, 4) is 0 Å². The van der Waals surface area contributed by atoms with Gasteiger partial charge in [0, 0.05) is 42.7 Å². The highest BCUT2D eigenvalue weighted by molar-refractivity contribution is 5.98. The Labute approximate surface area is 161 Å². The molecule has 1 saturated heterocycles. The average Bonchev–Trinajstić information content (AvgIpc) is 2.90. The Morgan fingerprint density at radius 1 is 1.04 bits per heavy atom. The van der Waals surface area contributed by atoms with E-state index in [2.05, 4.69) is 10.6 Å². The number of amides is 3. The summed E-state index contributed by atoms with van der Waals surface area (Å²) in [5, 5.41) is 5.62. The molecule has 0 aliphatic carbocycles. The number of nitrogens with zero attached hydrogens (tertiary/aromatic N) is 1. The summed E-state index contributed by atoms with van der Waals surface area (Å²) >= 11 is 0. The third-order valence-electron chi connectivity index (χ3n) is 4.65. The van der Waals surface area contributed by atoms with Gasteiger partial charge in [-0.05, 0) is 31.0 Å². The van der Waals surface area contributed by atoms with E-state index in [0.717, 1.165) is 25.9 Å². The molecule has 6 heteroatoms. The lowest BCUT2D eigenvalue weighted by molar-refractivity contribution is -0.131. The van der Waals surface area contributed by atoms with Gasteiger partial charge in [0.15, 0.2) is 0 Å². The summed E-state index contributed by atoms with van der Waals surface area (Å²) in [6.07, 6.45) is 4.80. The summed E-state index contributed by atoms with van der Waals surface area (Å²) in [6.45, 7) is 7.46. The quantitative estimate of drug-likeness (QED) is 0.832. The van der Waals surface area contributed by atoms with Crippen molar-refractivity contribution in [2.24, 2.45) is 5.41 Å². The molecule has 1 fully saturated rings. The lowest BCUT2D eigenvalue weighted by atomic mass is 9.95. The predicted molar refractivity (Wildman–Crippen MR) is 107 cm³/mol. The molecule has 0 bridgehead atoms. The zero-order chi connectivity index (χ0) is 19.9. The Morgan fingerprint density at radius 3 is 2.33 bits per heavy atom. The first-order chi connectivity index (χ1) is 12.8. The molecule has 1 aromatic carbocycles. The van der Waals surface area contributed by atoms with E-state index in [1.165, 1.54) is 12.8 Å². The average molecular weight is 373 g/mol. The van der Waals surface area contributed by atoms with Crippen LogP contribution in [0.2, 0.25) is 0 Å². The molecule has 0 radical (unpaired) electrons. The summed E-state index contributed by atoms with van der Waals surface area (Å²) in [5.41, 5.74) is 0.540. The normalized spacial score (nSPS) is 15.0. The second-order valence-electron chi connectivity index (χ2n) is 8.09. The standard InChI is InChI=1S/C21H31N3O3/c1-21(2,3)20(27)23-17-10-8-9-16(15-17)19(26)22-12-11-18(25)24-13-6-4-5-7-14-24/h8-10,15H,4-7,11-14H2,1-3H3,(H,22,26)(H,23,27). The van der Waals surface area contributed by atoms with E-state index < -0.39 is 5.41 Å². The third kappa shape index (κ3) is 6.70. The van der Waals surface area contributed by atoms with Gasteiger partial charge in [-0.25, -0.2) is 0 Å². The monoisotopic (exact) mass is 373 g/mol. The number of anilines is 1. The van der Waals surface area contributed by atoms with Crippen LogP contribution in [0.5, 0.6) is 0 Å². The molecule has 1 heterocycles. The Bertz CT molecular complexity index is 671. The molecule has 0 atom stereocenters. The van der Waals surface area contributed by atoms with Crippen molar-refractivity contribution < 1.29 is 14.4 Å². The number of rotatable bonds is 5. The number of benzene rings is 1. The molecular weight excluding hydrogens is 342 g/mol. The number of nitrogens with one attached hydrogen (secondary N) is 2. The highest BCUT2D eigenvalue weighted by Crippen LogP contribution is 2.18. The number of likely N-dealkylation sites (tertiary alicyclic amines) is 1. The smallest absolute Gasteiger partial charge is 0.251 e. The van der Waals surface area contributed by atoms with Crippen molar-refractivity contribution in [2.75, 3.05) is 25.0 Å². The highest BCUT2D eigenvalue weighted by Gasteiger charge is 2.21. The molecule has 2 rings (SSSR count). The predicted octanol–water partition coefficient (Wildman–Crippen LogP) is 3.19. The summed E-state index contributed by atoms with van der Waals surface area (Å²) in [4.78, 5) is 38.6. The maximum Gasteiger partial charge on any atom is 0.251 e. The van der Waals surface area contributed by atoms with E-state index in [1.54, 1.807) is 24.3 Å². The largest absolute Gasteiger partial charge is 0.352 e. The molecule has 1 aliphatic heterocycles. The van der Waals surface area contributed by atoms with Crippen LogP contribution in [0.4, 0.5) is 5.69 Å². The first-order valence-corrected chi connectivity index (χ1v) is 9.75. The van der Waals surface area contributed by atoms with E-state index in [4.69, 9.17) is 0 Å². The van der Waals surface area contributed by atoms with Crippen LogP contribution in [0.3, 0.4) is 0 Å². The van der Waals surface area contributed by atoms with E-state index in [-0.39, 0.29) is 17.7 Å². The number of carbonyl (C=O) groups excluding carboxylic acids is 3. The zero-order valence-corrected chi connectivity index (χ0v) is 16.6. The first kappa shape index (κ1) is 20.9. The van der Waals surface area contributed by atoms with E-state index in [9.17, 15) is 14.4 Å². The van der Waals surface area contributed by atoms with E-state index in [1.807, 2.05) is 25.7 Å². The second-order valence-corrected chi connectivity index (χ2v) is 8.09. The third-order valence-corrected chi connectivity index (χ3v) is 4.65. The molecule has 3 amide bonds. The molecule has 1 aliphatic rings. The van der Waals surface area contributed by atoms with Crippen molar-refractivity contribution in [3.05, 3.63) is 29.8 Å².